The van der Waals surface area contributed by atoms with Gasteiger partial charge in [0.2, 0.25) is 0 Å². The highest BCUT2D eigenvalue weighted by Crippen LogP contribution is 2.49. The summed E-state index contributed by atoms with van der Waals surface area (Å²) in [5, 5.41) is 2.29. The molecule has 0 bridgehead atoms. The van der Waals surface area contributed by atoms with Crippen molar-refractivity contribution in [3.8, 4) is 44.5 Å². The van der Waals surface area contributed by atoms with E-state index in [9.17, 15) is 0 Å². The highest BCUT2D eigenvalue weighted by Gasteiger charge is 2.35. The maximum Gasteiger partial charge on any atom is 0.136 e. The SMILES string of the molecule is CC1(C)c2ccccc2-c2cc(-c3cccc(-c4cccc(N(c5ccccc5)c5ccc(-c6ccc7c(c6)oc6ccccc67)cc5)c4)c3)ccc21. The number of hydrogen-bond donors (Lipinski definition) is 0. The van der Waals surface area contributed by atoms with E-state index in [4.69, 9.17) is 4.42 Å². The lowest BCUT2D eigenvalue weighted by Gasteiger charge is -2.26. The van der Waals surface area contributed by atoms with Crippen LogP contribution in [0.25, 0.3) is 66.4 Å². The molecule has 0 atom stereocenters. The van der Waals surface area contributed by atoms with E-state index in [0.717, 1.165) is 50.1 Å². The minimum atomic E-state index is 0.00144. The summed E-state index contributed by atoms with van der Waals surface area (Å²) in [6.45, 7) is 4.67. The fraction of sp³-hybridized carbons (Fsp3) is 0.0588. The Kier molecular flexibility index (Phi) is 7.19. The molecule has 0 aliphatic heterocycles. The molecule has 0 N–H and O–H groups in total. The van der Waals surface area contributed by atoms with E-state index in [1.54, 1.807) is 0 Å². The lowest BCUT2D eigenvalue weighted by molar-refractivity contribution is 0.660. The summed E-state index contributed by atoms with van der Waals surface area (Å²) < 4.78 is 6.20. The van der Waals surface area contributed by atoms with Crippen molar-refractivity contribution in [3.05, 3.63) is 199 Å². The predicted molar refractivity (Wildman–Crippen MR) is 222 cm³/mol. The van der Waals surface area contributed by atoms with Crippen LogP contribution in [0, 0.1) is 0 Å². The molecule has 1 aliphatic rings. The van der Waals surface area contributed by atoms with Gasteiger partial charge >= 0.3 is 0 Å². The molecule has 2 heteroatoms. The summed E-state index contributed by atoms with van der Waals surface area (Å²) in [6.07, 6.45) is 0. The van der Waals surface area contributed by atoms with Crippen LogP contribution in [0.1, 0.15) is 25.0 Å². The predicted octanol–water partition coefficient (Wildman–Crippen LogP) is 14.4. The highest BCUT2D eigenvalue weighted by molar-refractivity contribution is 6.06. The van der Waals surface area contributed by atoms with E-state index in [2.05, 4.69) is 195 Å². The topological polar surface area (TPSA) is 16.4 Å². The van der Waals surface area contributed by atoms with Crippen molar-refractivity contribution in [2.24, 2.45) is 0 Å². The number of para-hydroxylation sites is 2. The fourth-order valence-corrected chi connectivity index (χ4v) is 8.34. The lowest BCUT2D eigenvalue weighted by atomic mass is 9.82. The molecule has 9 aromatic rings. The maximum atomic E-state index is 6.20. The Bertz CT molecular complexity index is 2810. The van der Waals surface area contributed by atoms with Gasteiger partial charge in [0.1, 0.15) is 11.2 Å². The largest absolute Gasteiger partial charge is 0.456 e. The molecule has 0 radical (unpaired) electrons. The third-order valence-electron chi connectivity index (χ3n) is 11.1. The highest BCUT2D eigenvalue weighted by atomic mass is 16.3. The van der Waals surface area contributed by atoms with Gasteiger partial charge in [0.05, 0.1) is 0 Å². The van der Waals surface area contributed by atoms with E-state index in [-0.39, 0.29) is 5.41 Å². The molecule has 252 valence electrons. The monoisotopic (exact) mass is 679 g/mol. The molecule has 10 rings (SSSR count). The maximum absolute atomic E-state index is 6.20. The molecule has 0 unspecified atom stereocenters. The number of furan rings is 1. The average molecular weight is 680 g/mol. The molecular weight excluding hydrogens is 643 g/mol. The summed E-state index contributed by atoms with van der Waals surface area (Å²) >= 11 is 0. The van der Waals surface area contributed by atoms with Crippen LogP contribution >= 0.6 is 0 Å². The van der Waals surface area contributed by atoms with Crippen LogP contribution < -0.4 is 4.90 Å². The molecule has 53 heavy (non-hydrogen) atoms. The van der Waals surface area contributed by atoms with E-state index in [0.29, 0.717) is 0 Å². The molecule has 2 nitrogen and oxygen atoms in total. The van der Waals surface area contributed by atoms with Gasteiger partial charge < -0.3 is 9.32 Å². The third kappa shape index (κ3) is 5.26. The van der Waals surface area contributed by atoms with Crippen molar-refractivity contribution < 1.29 is 4.42 Å². The van der Waals surface area contributed by atoms with Crippen LogP contribution in [-0.2, 0) is 5.41 Å². The van der Waals surface area contributed by atoms with Gasteiger partial charge in [-0.05, 0) is 122 Å². The second-order valence-electron chi connectivity index (χ2n) is 14.6. The Balaban J connectivity index is 0.994. The Labute approximate surface area is 310 Å². The Hall–Kier alpha value is -6.64. The quantitative estimate of drug-likeness (QED) is 0.174. The molecule has 1 heterocycles. The number of benzene rings is 8. The fourth-order valence-electron chi connectivity index (χ4n) is 8.34. The standard InChI is InChI=1S/C51H37NO/c1-51(2)47-20-8-6-18-43(47)46-32-38(25-29-48(46)51)36-13-10-12-35(30-36)37-14-11-17-42(31-37)52(40-15-4-3-5-16-40)41-26-22-34(23-27-41)39-24-28-45-44-19-7-9-21-49(44)53-50(45)33-39/h3-33H,1-2H3. The van der Waals surface area contributed by atoms with Gasteiger partial charge in [0.15, 0.2) is 0 Å². The lowest BCUT2D eigenvalue weighted by Crippen LogP contribution is -2.14. The summed E-state index contributed by atoms with van der Waals surface area (Å²) in [4.78, 5) is 2.33. The van der Waals surface area contributed by atoms with Crippen molar-refractivity contribution in [1.82, 2.24) is 0 Å². The number of anilines is 3. The summed E-state index contributed by atoms with van der Waals surface area (Å²) in [7, 11) is 0. The molecule has 0 fully saturated rings. The van der Waals surface area contributed by atoms with Crippen molar-refractivity contribution in [2.45, 2.75) is 19.3 Å². The molecule has 0 spiro atoms. The van der Waals surface area contributed by atoms with Crippen LogP contribution in [0.2, 0.25) is 0 Å². The van der Waals surface area contributed by atoms with Gasteiger partial charge in [-0.1, -0.05) is 135 Å². The Morgan fingerprint density at radius 1 is 0.358 bits per heavy atom. The third-order valence-corrected chi connectivity index (χ3v) is 11.1. The second-order valence-corrected chi connectivity index (χ2v) is 14.6. The number of nitrogens with zero attached hydrogens (tertiary/aromatic N) is 1. The van der Waals surface area contributed by atoms with E-state index in [1.807, 2.05) is 12.1 Å². The van der Waals surface area contributed by atoms with Crippen LogP contribution in [0.4, 0.5) is 17.1 Å². The van der Waals surface area contributed by atoms with E-state index >= 15 is 0 Å². The Morgan fingerprint density at radius 3 is 1.75 bits per heavy atom. The molecule has 0 saturated carbocycles. The van der Waals surface area contributed by atoms with Crippen LogP contribution in [-0.4, -0.2) is 0 Å². The second kappa shape index (κ2) is 12.3. The number of hydrogen-bond acceptors (Lipinski definition) is 2. The smallest absolute Gasteiger partial charge is 0.136 e. The van der Waals surface area contributed by atoms with Gasteiger partial charge in [0, 0.05) is 33.2 Å². The first kappa shape index (κ1) is 31.1. The van der Waals surface area contributed by atoms with Crippen molar-refractivity contribution >= 4 is 39.0 Å². The molecule has 1 aliphatic carbocycles. The van der Waals surface area contributed by atoms with Crippen molar-refractivity contribution in [1.29, 1.82) is 0 Å². The number of rotatable bonds is 6. The zero-order valence-corrected chi connectivity index (χ0v) is 29.8. The van der Waals surface area contributed by atoms with Crippen molar-refractivity contribution in [3.63, 3.8) is 0 Å². The first-order valence-corrected chi connectivity index (χ1v) is 18.3. The van der Waals surface area contributed by atoms with Crippen molar-refractivity contribution in [2.75, 3.05) is 4.90 Å². The van der Waals surface area contributed by atoms with Gasteiger partial charge in [-0.2, -0.15) is 0 Å². The normalized spacial score (nSPS) is 12.9. The van der Waals surface area contributed by atoms with E-state index < -0.39 is 0 Å². The first-order valence-electron chi connectivity index (χ1n) is 18.3. The molecule has 0 saturated heterocycles. The molecule has 8 aromatic carbocycles. The summed E-state index contributed by atoms with van der Waals surface area (Å²) in [5.41, 5.74) is 17.7. The zero-order valence-electron chi connectivity index (χ0n) is 29.8. The molecule has 1 aromatic heterocycles. The first-order chi connectivity index (χ1) is 26.0. The Morgan fingerprint density at radius 2 is 0.925 bits per heavy atom. The van der Waals surface area contributed by atoms with Gasteiger partial charge in [-0.15, -0.1) is 0 Å². The van der Waals surface area contributed by atoms with Gasteiger partial charge in [-0.25, -0.2) is 0 Å². The zero-order chi connectivity index (χ0) is 35.5. The van der Waals surface area contributed by atoms with Crippen LogP contribution in [0.15, 0.2) is 192 Å². The van der Waals surface area contributed by atoms with Gasteiger partial charge in [0.25, 0.3) is 0 Å². The van der Waals surface area contributed by atoms with Crippen LogP contribution in [0.3, 0.4) is 0 Å². The minimum Gasteiger partial charge on any atom is -0.456 e. The average Bonchev–Trinajstić information content (AvgIpc) is 3.70. The number of fused-ring (bicyclic) bond motifs is 6. The summed E-state index contributed by atoms with van der Waals surface area (Å²) in [5.74, 6) is 0. The minimum absolute atomic E-state index is 0.00144. The molecule has 0 amide bonds. The van der Waals surface area contributed by atoms with E-state index in [1.165, 1.54) is 44.5 Å². The molecular formula is C51H37NO. The van der Waals surface area contributed by atoms with Crippen LogP contribution in [0.5, 0.6) is 0 Å². The van der Waals surface area contributed by atoms with Gasteiger partial charge in [-0.3, -0.25) is 0 Å². The summed E-state index contributed by atoms with van der Waals surface area (Å²) in [6, 6.07) is 67.9.